The number of amides is 1. The number of nitrogens with one attached hydrogen (secondary N) is 2. The Morgan fingerprint density at radius 3 is 2.50 bits per heavy atom. The van der Waals surface area contributed by atoms with Crippen molar-refractivity contribution >= 4 is 11.9 Å². The van der Waals surface area contributed by atoms with Crippen LogP contribution in [0.25, 0.3) is 0 Å². The molecule has 1 amide bonds. The van der Waals surface area contributed by atoms with E-state index in [1.807, 2.05) is 48.8 Å². The third-order valence-corrected chi connectivity index (χ3v) is 7.63. The van der Waals surface area contributed by atoms with Crippen LogP contribution in [0.1, 0.15) is 42.9 Å². The van der Waals surface area contributed by atoms with Crippen LogP contribution in [-0.4, -0.2) is 70.0 Å². The van der Waals surface area contributed by atoms with E-state index in [1.165, 1.54) is 0 Å². The second-order valence-corrected chi connectivity index (χ2v) is 11.1. The van der Waals surface area contributed by atoms with Crippen LogP contribution in [0.4, 0.5) is 5.95 Å². The van der Waals surface area contributed by atoms with Gasteiger partial charge >= 0.3 is 0 Å². The highest BCUT2D eigenvalue weighted by atomic mass is 16.5. The van der Waals surface area contributed by atoms with Gasteiger partial charge in [-0.05, 0) is 54.7 Å². The normalized spacial score (nSPS) is 22.3. The Bertz CT molecular complexity index is 1300. The molecule has 9 heteroatoms. The first-order valence-corrected chi connectivity index (χ1v) is 14.4. The maximum absolute atomic E-state index is 13.3. The molecule has 2 aromatic carbocycles. The van der Waals surface area contributed by atoms with E-state index in [9.17, 15) is 4.79 Å². The minimum Gasteiger partial charge on any atom is -0.457 e. The number of fused-ring (bicyclic) bond motifs is 5. The average Bonchev–Trinajstić information content (AvgIpc) is 3.74. The number of anilines is 1. The van der Waals surface area contributed by atoms with Crippen LogP contribution in [-0.2, 0) is 29.2 Å². The molecule has 1 aliphatic carbocycles. The van der Waals surface area contributed by atoms with Gasteiger partial charge in [0.2, 0.25) is 11.9 Å². The van der Waals surface area contributed by atoms with Gasteiger partial charge in [-0.2, -0.15) is 0 Å². The van der Waals surface area contributed by atoms with E-state index in [0.717, 1.165) is 60.5 Å². The van der Waals surface area contributed by atoms with Crippen LogP contribution in [0.2, 0.25) is 0 Å². The zero-order valence-electron chi connectivity index (χ0n) is 23.1. The SMILES string of the molecule is CCCNc1ncc(CN2C[C@@H]3NC(=O)CN(C4CC4)Cc4cccc(c4)Oc4cccc(c4)CO[C@H]3C2)cn1. The van der Waals surface area contributed by atoms with Gasteiger partial charge in [0.1, 0.15) is 11.5 Å². The summed E-state index contributed by atoms with van der Waals surface area (Å²) in [4.78, 5) is 26.8. The third kappa shape index (κ3) is 6.96. The van der Waals surface area contributed by atoms with E-state index in [-0.39, 0.29) is 18.1 Å². The van der Waals surface area contributed by atoms with Crippen molar-refractivity contribution in [2.24, 2.45) is 0 Å². The number of aromatic nitrogens is 2. The molecule has 2 N–H and O–H groups in total. The summed E-state index contributed by atoms with van der Waals surface area (Å²) in [6, 6.07) is 16.6. The fourth-order valence-corrected chi connectivity index (χ4v) is 5.48. The molecule has 3 aliphatic rings. The molecule has 0 unspecified atom stereocenters. The lowest BCUT2D eigenvalue weighted by atomic mass is 10.1. The molecule has 2 fully saturated rings. The Labute approximate surface area is 235 Å². The highest BCUT2D eigenvalue weighted by Crippen LogP contribution is 2.30. The summed E-state index contributed by atoms with van der Waals surface area (Å²) in [5.74, 6) is 2.29. The number of hydrogen-bond acceptors (Lipinski definition) is 8. The molecule has 40 heavy (non-hydrogen) atoms. The summed E-state index contributed by atoms with van der Waals surface area (Å²) in [5.41, 5.74) is 3.22. The minimum atomic E-state index is -0.130. The second kappa shape index (κ2) is 12.3. The number of ether oxygens (including phenoxy) is 2. The first kappa shape index (κ1) is 26.7. The number of hydrogen-bond donors (Lipinski definition) is 2. The van der Waals surface area contributed by atoms with E-state index in [2.05, 4.69) is 49.5 Å². The van der Waals surface area contributed by atoms with Crippen LogP contribution in [0, 0.1) is 0 Å². The standard InChI is InChI=1S/C31H38N6O3/c1-2-11-32-31-33-14-24(15-34-31)16-36-18-28-29(19-36)39-21-23-6-4-8-27(13-23)40-26-7-3-5-22(12-26)17-37(25-9-10-25)20-30(38)35-28/h3-8,12-15,25,28-29H,2,9-11,16-21H2,1H3,(H,35,38)(H,32,33,34)/t28-,29-/m0/s1. The van der Waals surface area contributed by atoms with Gasteiger partial charge < -0.3 is 20.1 Å². The van der Waals surface area contributed by atoms with Gasteiger partial charge in [-0.15, -0.1) is 0 Å². The van der Waals surface area contributed by atoms with Crippen molar-refractivity contribution in [2.45, 2.75) is 64.1 Å². The Morgan fingerprint density at radius 2 is 1.75 bits per heavy atom. The zero-order chi connectivity index (χ0) is 27.3. The fraction of sp³-hybridized carbons (Fsp3) is 0.452. The summed E-state index contributed by atoms with van der Waals surface area (Å²) >= 11 is 0. The Balaban J connectivity index is 1.19. The lowest BCUT2D eigenvalue weighted by Crippen LogP contribution is -2.48. The van der Waals surface area contributed by atoms with E-state index in [0.29, 0.717) is 44.8 Å². The van der Waals surface area contributed by atoms with Crippen LogP contribution in [0.5, 0.6) is 11.5 Å². The smallest absolute Gasteiger partial charge is 0.234 e. The summed E-state index contributed by atoms with van der Waals surface area (Å²) in [5, 5.41) is 6.54. The Morgan fingerprint density at radius 1 is 1.00 bits per heavy atom. The van der Waals surface area contributed by atoms with Crippen molar-refractivity contribution in [1.29, 1.82) is 0 Å². The van der Waals surface area contributed by atoms with Crippen molar-refractivity contribution in [2.75, 3.05) is 31.5 Å². The molecule has 1 aromatic heterocycles. The highest BCUT2D eigenvalue weighted by molar-refractivity contribution is 5.78. The first-order valence-electron chi connectivity index (χ1n) is 14.4. The summed E-state index contributed by atoms with van der Waals surface area (Å²) in [6.45, 7) is 6.63. The first-order chi connectivity index (χ1) is 19.6. The van der Waals surface area contributed by atoms with Gasteiger partial charge in [-0.25, -0.2) is 9.97 Å². The van der Waals surface area contributed by atoms with Gasteiger partial charge in [-0.1, -0.05) is 31.2 Å². The molecule has 1 saturated carbocycles. The predicted octanol–water partition coefficient (Wildman–Crippen LogP) is 3.95. The molecule has 9 nitrogen and oxygen atoms in total. The van der Waals surface area contributed by atoms with Gasteiger partial charge in [0.05, 0.1) is 25.3 Å². The highest BCUT2D eigenvalue weighted by Gasteiger charge is 2.36. The second-order valence-electron chi connectivity index (χ2n) is 11.1. The molecule has 3 aromatic rings. The van der Waals surface area contributed by atoms with Gasteiger partial charge in [0.25, 0.3) is 0 Å². The van der Waals surface area contributed by atoms with Crippen molar-refractivity contribution in [1.82, 2.24) is 25.1 Å². The average molecular weight is 543 g/mol. The van der Waals surface area contributed by atoms with Crippen LogP contribution in [0.3, 0.4) is 0 Å². The maximum atomic E-state index is 13.3. The van der Waals surface area contributed by atoms with E-state index in [4.69, 9.17) is 9.47 Å². The monoisotopic (exact) mass is 542 g/mol. The summed E-state index contributed by atoms with van der Waals surface area (Å²) < 4.78 is 12.7. The van der Waals surface area contributed by atoms with Gasteiger partial charge in [0.15, 0.2) is 0 Å². The molecule has 210 valence electrons. The molecular weight excluding hydrogens is 504 g/mol. The van der Waals surface area contributed by atoms with Crippen LogP contribution >= 0.6 is 0 Å². The summed E-state index contributed by atoms with van der Waals surface area (Å²) in [7, 11) is 0. The van der Waals surface area contributed by atoms with Crippen molar-refractivity contribution < 1.29 is 14.3 Å². The number of carbonyl (C=O) groups excluding carboxylic acids is 1. The lowest BCUT2D eigenvalue weighted by molar-refractivity contribution is -0.124. The largest absolute Gasteiger partial charge is 0.457 e. The molecule has 2 aliphatic heterocycles. The molecule has 0 radical (unpaired) electrons. The quantitative estimate of drug-likeness (QED) is 0.484. The van der Waals surface area contributed by atoms with Crippen LogP contribution in [0.15, 0.2) is 60.9 Å². The zero-order valence-corrected chi connectivity index (χ0v) is 23.1. The van der Waals surface area contributed by atoms with E-state index < -0.39 is 0 Å². The van der Waals surface area contributed by atoms with E-state index in [1.54, 1.807) is 0 Å². The number of likely N-dealkylation sites (tertiary alicyclic amines) is 1. The lowest BCUT2D eigenvalue weighted by Gasteiger charge is -2.25. The number of rotatable bonds is 6. The van der Waals surface area contributed by atoms with Crippen LogP contribution < -0.4 is 15.4 Å². The molecule has 1 saturated heterocycles. The van der Waals surface area contributed by atoms with Crippen molar-refractivity contribution in [3.63, 3.8) is 0 Å². The number of nitrogens with zero attached hydrogens (tertiary/aromatic N) is 4. The molecule has 6 rings (SSSR count). The molecule has 0 spiro atoms. The minimum absolute atomic E-state index is 0.0449. The predicted molar refractivity (Wildman–Crippen MR) is 153 cm³/mol. The molecule has 3 heterocycles. The number of carbonyl (C=O) groups is 1. The van der Waals surface area contributed by atoms with Gasteiger partial charge in [-0.3, -0.25) is 14.6 Å². The Kier molecular flexibility index (Phi) is 8.22. The molecule has 2 atom stereocenters. The third-order valence-electron chi connectivity index (χ3n) is 7.63. The number of benzene rings is 2. The Hall–Kier alpha value is -3.53. The molecular formula is C31H38N6O3. The maximum Gasteiger partial charge on any atom is 0.234 e. The topological polar surface area (TPSA) is 91.9 Å². The van der Waals surface area contributed by atoms with Gasteiger partial charge in [0, 0.05) is 56.7 Å². The van der Waals surface area contributed by atoms with Crippen molar-refractivity contribution in [3.05, 3.63) is 77.6 Å². The summed E-state index contributed by atoms with van der Waals surface area (Å²) in [6.07, 6.45) is 6.91. The van der Waals surface area contributed by atoms with Crippen molar-refractivity contribution in [3.8, 4) is 11.5 Å². The molecule has 4 bridgehead atoms. The van der Waals surface area contributed by atoms with E-state index >= 15 is 0 Å². The fourth-order valence-electron chi connectivity index (χ4n) is 5.48.